The van der Waals surface area contributed by atoms with Gasteiger partial charge in [-0.15, -0.1) is 12.4 Å². The molecule has 1 aliphatic heterocycles. The van der Waals surface area contributed by atoms with E-state index >= 15 is 0 Å². The highest BCUT2D eigenvalue weighted by atomic mass is 35.5. The lowest BCUT2D eigenvalue weighted by atomic mass is 10.1. The Morgan fingerprint density at radius 2 is 2.00 bits per heavy atom. The Morgan fingerprint density at radius 1 is 1.21 bits per heavy atom. The van der Waals surface area contributed by atoms with Crippen molar-refractivity contribution in [3.63, 3.8) is 0 Å². The summed E-state index contributed by atoms with van der Waals surface area (Å²) in [5, 5.41) is 9.14. The summed E-state index contributed by atoms with van der Waals surface area (Å²) >= 11 is 0. The van der Waals surface area contributed by atoms with E-state index in [-0.39, 0.29) is 24.0 Å². The molecule has 0 N–H and O–H groups in total. The predicted octanol–water partition coefficient (Wildman–Crippen LogP) is 2.31. The normalized spacial score (nSPS) is 13.4. The molecule has 0 radical (unpaired) electrons. The zero-order valence-corrected chi connectivity index (χ0v) is 16.6. The summed E-state index contributed by atoms with van der Waals surface area (Å²) in [7, 11) is 0. The Labute approximate surface area is 170 Å². The van der Waals surface area contributed by atoms with Crippen molar-refractivity contribution in [1.82, 2.24) is 19.9 Å². The summed E-state index contributed by atoms with van der Waals surface area (Å²) < 4.78 is 5.64. The van der Waals surface area contributed by atoms with Gasteiger partial charge in [-0.25, -0.2) is 9.97 Å². The van der Waals surface area contributed by atoms with E-state index in [2.05, 4.69) is 21.9 Å². The molecule has 0 bridgehead atoms. The molecule has 1 fully saturated rings. The van der Waals surface area contributed by atoms with Crippen molar-refractivity contribution in [2.75, 3.05) is 37.7 Å². The van der Waals surface area contributed by atoms with Gasteiger partial charge in [0.1, 0.15) is 6.07 Å². The molecule has 1 saturated heterocycles. The number of pyridine rings is 1. The van der Waals surface area contributed by atoms with Crippen molar-refractivity contribution in [3.05, 3.63) is 41.9 Å². The molecule has 148 valence electrons. The lowest BCUT2D eigenvalue weighted by molar-refractivity contribution is 0.0745. The first kappa shape index (κ1) is 21.4. The number of nitrogens with zero attached hydrogens (tertiary/aromatic N) is 6. The van der Waals surface area contributed by atoms with E-state index in [4.69, 9.17) is 10.00 Å². The summed E-state index contributed by atoms with van der Waals surface area (Å²) in [5.74, 6) is 1.01. The second kappa shape index (κ2) is 10.4. The van der Waals surface area contributed by atoms with E-state index in [1.165, 1.54) is 6.20 Å². The third-order valence-electron chi connectivity index (χ3n) is 4.36. The highest BCUT2D eigenvalue weighted by Gasteiger charge is 2.25. The van der Waals surface area contributed by atoms with Crippen LogP contribution in [0.4, 0.5) is 5.95 Å². The van der Waals surface area contributed by atoms with Gasteiger partial charge in [0.05, 0.1) is 12.2 Å². The Bertz CT molecular complexity index is 833. The van der Waals surface area contributed by atoms with Crippen LogP contribution in [0.25, 0.3) is 0 Å². The molecule has 2 aromatic heterocycles. The lowest BCUT2D eigenvalue weighted by Crippen LogP contribution is -2.49. The maximum atomic E-state index is 12.7. The van der Waals surface area contributed by atoms with Crippen molar-refractivity contribution >= 4 is 24.3 Å². The zero-order valence-electron chi connectivity index (χ0n) is 15.7. The number of ether oxygens (including phenoxy) is 1. The number of piperazine rings is 1. The Balaban J connectivity index is 0.00000280. The molecule has 9 heteroatoms. The highest BCUT2D eigenvalue weighted by Crippen LogP contribution is 2.17. The number of carbonyl (C=O) groups excluding carboxylic acids is 1. The molecular formula is C19H23ClN6O2. The first-order valence-corrected chi connectivity index (χ1v) is 9.08. The average molecular weight is 403 g/mol. The van der Waals surface area contributed by atoms with Crippen LogP contribution in [0.1, 0.15) is 35.8 Å². The predicted molar refractivity (Wildman–Crippen MR) is 107 cm³/mol. The standard InChI is InChI=1S/C19H22N6O2.ClH/c1-2-3-13-27-17-6-8-22-19(23-17)25-11-9-24(10-12-25)18(26)15-5-4-7-21-16(15)14-20;/h4-8H,2-3,9-13H2,1H3;1H. The van der Waals surface area contributed by atoms with Gasteiger partial charge in [-0.3, -0.25) is 4.79 Å². The molecule has 1 aliphatic rings. The second-order valence-corrected chi connectivity index (χ2v) is 6.19. The summed E-state index contributed by atoms with van der Waals surface area (Å²) in [6.07, 6.45) is 5.26. The van der Waals surface area contributed by atoms with Gasteiger partial charge in [0.15, 0.2) is 5.69 Å². The largest absolute Gasteiger partial charge is 0.478 e. The maximum Gasteiger partial charge on any atom is 0.256 e. The number of amides is 1. The van der Waals surface area contributed by atoms with Crippen LogP contribution in [0.2, 0.25) is 0 Å². The van der Waals surface area contributed by atoms with Gasteiger partial charge in [-0.1, -0.05) is 13.3 Å². The van der Waals surface area contributed by atoms with Gasteiger partial charge in [0.2, 0.25) is 11.8 Å². The minimum absolute atomic E-state index is 0. The highest BCUT2D eigenvalue weighted by molar-refractivity contribution is 5.96. The smallest absolute Gasteiger partial charge is 0.256 e. The van der Waals surface area contributed by atoms with Gasteiger partial charge in [0, 0.05) is 44.6 Å². The molecule has 3 rings (SSSR count). The molecule has 3 heterocycles. The maximum absolute atomic E-state index is 12.7. The van der Waals surface area contributed by atoms with Gasteiger partial charge in [0.25, 0.3) is 5.91 Å². The van der Waals surface area contributed by atoms with E-state index in [1.807, 2.05) is 11.0 Å². The third-order valence-corrected chi connectivity index (χ3v) is 4.36. The molecule has 0 aromatic carbocycles. The van der Waals surface area contributed by atoms with E-state index in [9.17, 15) is 4.79 Å². The molecule has 0 saturated carbocycles. The minimum Gasteiger partial charge on any atom is -0.478 e. The quantitative estimate of drug-likeness (QED) is 0.684. The molecule has 1 amide bonds. The van der Waals surface area contributed by atoms with Gasteiger partial charge >= 0.3 is 0 Å². The zero-order chi connectivity index (χ0) is 19.1. The van der Waals surface area contributed by atoms with Crippen LogP contribution >= 0.6 is 12.4 Å². The number of unbranched alkanes of at least 4 members (excludes halogenated alkanes) is 1. The van der Waals surface area contributed by atoms with E-state index in [1.54, 1.807) is 29.3 Å². The summed E-state index contributed by atoms with van der Waals surface area (Å²) in [6.45, 7) is 5.05. The molecule has 8 nitrogen and oxygen atoms in total. The van der Waals surface area contributed by atoms with E-state index in [0.717, 1.165) is 12.8 Å². The number of hydrogen-bond donors (Lipinski definition) is 0. The molecule has 0 aliphatic carbocycles. The number of nitriles is 1. The van der Waals surface area contributed by atoms with E-state index < -0.39 is 0 Å². The average Bonchev–Trinajstić information content (AvgIpc) is 2.74. The number of anilines is 1. The fourth-order valence-corrected chi connectivity index (χ4v) is 2.83. The molecular weight excluding hydrogens is 380 g/mol. The Kier molecular flexibility index (Phi) is 7.96. The van der Waals surface area contributed by atoms with Crippen LogP contribution in [0.15, 0.2) is 30.6 Å². The monoisotopic (exact) mass is 402 g/mol. The van der Waals surface area contributed by atoms with Crippen LogP contribution in [0.3, 0.4) is 0 Å². The van der Waals surface area contributed by atoms with Crippen molar-refractivity contribution in [2.45, 2.75) is 19.8 Å². The van der Waals surface area contributed by atoms with Crippen molar-refractivity contribution in [3.8, 4) is 11.9 Å². The van der Waals surface area contributed by atoms with Gasteiger partial charge < -0.3 is 14.5 Å². The number of rotatable bonds is 6. The van der Waals surface area contributed by atoms with Crippen LogP contribution in [-0.2, 0) is 0 Å². The number of carbonyl (C=O) groups is 1. The second-order valence-electron chi connectivity index (χ2n) is 6.19. The Morgan fingerprint density at radius 3 is 2.71 bits per heavy atom. The van der Waals surface area contributed by atoms with E-state index in [0.29, 0.717) is 50.2 Å². The van der Waals surface area contributed by atoms with Crippen LogP contribution in [-0.4, -0.2) is 58.5 Å². The van der Waals surface area contributed by atoms with Gasteiger partial charge in [-0.05, 0) is 18.6 Å². The fourth-order valence-electron chi connectivity index (χ4n) is 2.83. The fraction of sp³-hybridized carbons (Fsp3) is 0.421. The lowest BCUT2D eigenvalue weighted by Gasteiger charge is -2.34. The summed E-state index contributed by atoms with van der Waals surface area (Å²) in [5.41, 5.74) is 0.501. The summed E-state index contributed by atoms with van der Waals surface area (Å²) in [6, 6.07) is 7.04. The number of aromatic nitrogens is 3. The third kappa shape index (κ3) is 5.08. The first-order chi connectivity index (χ1) is 13.2. The number of halogens is 1. The molecule has 0 spiro atoms. The van der Waals surface area contributed by atoms with Crippen molar-refractivity contribution in [1.29, 1.82) is 5.26 Å². The Hall–Kier alpha value is -2.92. The number of hydrogen-bond acceptors (Lipinski definition) is 7. The van der Waals surface area contributed by atoms with Crippen LogP contribution < -0.4 is 9.64 Å². The van der Waals surface area contributed by atoms with Crippen molar-refractivity contribution < 1.29 is 9.53 Å². The summed E-state index contributed by atoms with van der Waals surface area (Å²) in [4.78, 5) is 29.2. The van der Waals surface area contributed by atoms with Gasteiger partial charge in [-0.2, -0.15) is 10.2 Å². The molecule has 0 unspecified atom stereocenters. The first-order valence-electron chi connectivity index (χ1n) is 9.08. The van der Waals surface area contributed by atoms with Crippen molar-refractivity contribution in [2.24, 2.45) is 0 Å². The topological polar surface area (TPSA) is 95.2 Å². The van der Waals surface area contributed by atoms with Crippen LogP contribution in [0.5, 0.6) is 5.88 Å². The van der Waals surface area contributed by atoms with Crippen LogP contribution in [0, 0.1) is 11.3 Å². The SMILES string of the molecule is CCCCOc1ccnc(N2CCN(C(=O)c3cccnc3C#N)CC2)n1.Cl. The minimum atomic E-state index is -0.170. The molecule has 0 atom stereocenters. The molecule has 2 aromatic rings. The molecule has 28 heavy (non-hydrogen) atoms.